The summed E-state index contributed by atoms with van der Waals surface area (Å²) in [5, 5.41) is 5.25. The Morgan fingerprint density at radius 2 is 2.10 bits per heavy atom. The van der Waals surface area contributed by atoms with Crippen LogP contribution in [0.25, 0.3) is 16.2 Å². The molecule has 1 fully saturated rings. The molecule has 1 N–H and O–H groups in total. The van der Waals surface area contributed by atoms with Gasteiger partial charge in [-0.05, 0) is 37.0 Å². The lowest BCUT2D eigenvalue weighted by Gasteiger charge is -2.29. The van der Waals surface area contributed by atoms with Gasteiger partial charge in [0.25, 0.3) is 0 Å². The number of benzene rings is 1. The maximum atomic E-state index is 12.7. The fraction of sp³-hybridized carbons (Fsp3) is 0.455. The zero-order chi connectivity index (χ0) is 20.4. The number of thiazole rings is 1. The van der Waals surface area contributed by atoms with Crippen molar-refractivity contribution in [3.8, 4) is 22.8 Å². The third-order valence-electron chi connectivity index (χ3n) is 5.77. The Morgan fingerprint density at radius 3 is 2.86 bits per heavy atom. The van der Waals surface area contributed by atoms with Crippen molar-refractivity contribution < 1.29 is 14.3 Å². The van der Waals surface area contributed by atoms with E-state index in [4.69, 9.17) is 14.5 Å². The fourth-order valence-electron chi connectivity index (χ4n) is 4.05. The van der Waals surface area contributed by atoms with Crippen molar-refractivity contribution in [2.45, 2.75) is 45.1 Å². The van der Waals surface area contributed by atoms with Gasteiger partial charge in [-0.3, -0.25) is 9.20 Å². The molecule has 1 aromatic carbocycles. The van der Waals surface area contributed by atoms with Gasteiger partial charge in [0, 0.05) is 28.9 Å². The number of nitrogens with one attached hydrogen (secondary N) is 1. The zero-order valence-corrected chi connectivity index (χ0v) is 17.9. The van der Waals surface area contributed by atoms with Crippen LogP contribution >= 0.6 is 11.3 Å². The van der Waals surface area contributed by atoms with Crippen LogP contribution in [0.1, 0.15) is 38.3 Å². The van der Waals surface area contributed by atoms with Crippen LogP contribution in [0, 0.1) is 5.92 Å². The summed E-state index contributed by atoms with van der Waals surface area (Å²) in [4.78, 5) is 18.2. The first-order chi connectivity index (χ1) is 14.1. The van der Waals surface area contributed by atoms with Gasteiger partial charge in [-0.2, -0.15) is 0 Å². The molecule has 2 unspecified atom stereocenters. The molecular weight excluding hydrogens is 386 g/mol. The predicted octanol–water partition coefficient (Wildman–Crippen LogP) is 4.32. The topological polar surface area (TPSA) is 64.9 Å². The molecule has 0 radical (unpaired) electrons. The van der Waals surface area contributed by atoms with Gasteiger partial charge in [-0.15, -0.1) is 11.3 Å². The van der Waals surface area contributed by atoms with Crippen molar-refractivity contribution in [2.75, 3.05) is 14.2 Å². The number of rotatable bonds is 6. The van der Waals surface area contributed by atoms with E-state index < -0.39 is 0 Å². The van der Waals surface area contributed by atoms with Crippen LogP contribution in [0.15, 0.2) is 29.8 Å². The van der Waals surface area contributed by atoms with Crippen LogP contribution in [-0.4, -0.2) is 35.6 Å². The quantitative estimate of drug-likeness (QED) is 0.654. The number of ether oxygens (including phenoxy) is 2. The lowest BCUT2D eigenvalue weighted by atomic mass is 9.86. The van der Waals surface area contributed by atoms with Gasteiger partial charge in [0.1, 0.15) is 11.5 Å². The number of fused-ring (bicyclic) bond motifs is 1. The summed E-state index contributed by atoms with van der Waals surface area (Å²) in [6, 6.07) is 5.96. The van der Waals surface area contributed by atoms with Crippen LogP contribution in [0.4, 0.5) is 0 Å². The van der Waals surface area contributed by atoms with Gasteiger partial charge >= 0.3 is 0 Å². The highest BCUT2D eigenvalue weighted by molar-refractivity contribution is 7.15. The van der Waals surface area contributed by atoms with E-state index in [0.29, 0.717) is 18.4 Å². The molecule has 154 valence electrons. The average molecular weight is 414 g/mol. The Morgan fingerprint density at radius 1 is 1.28 bits per heavy atom. The molecule has 1 aliphatic carbocycles. The number of aromatic nitrogens is 2. The van der Waals surface area contributed by atoms with E-state index in [2.05, 4.69) is 12.2 Å². The Balaban J connectivity index is 1.56. The highest BCUT2D eigenvalue weighted by atomic mass is 32.1. The van der Waals surface area contributed by atoms with Gasteiger partial charge in [0.05, 0.1) is 26.3 Å². The Bertz CT molecular complexity index is 1010. The highest BCUT2D eigenvalue weighted by Crippen LogP contribution is 2.34. The van der Waals surface area contributed by atoms with Crippen molar-refractivity contribution in [1.82, 2.24) is 14.7 Å². The lowest BCUT2D eigenvalue weighted by molar-refractivity contribution is -0.121. The second kappa shape index (κ2) is 8.45. The van der Waals surface area contributed by atoms with Gasteiger partial charge in [0.2, 0.25) is 5.91 Å². The molecule has 29 heavy (non-hydrogen) atoms. The minimum Gasteiger partial charge on any atom is -0.497 e. The lowest BCUT2D eigenvalue weighted by Crippen LogP contribution is -2.41. The van der Waals surface area contributed by atoms with E-state index in [-0.39, 0.29) is 5.91 Å². The fourth-order valence-corrected chi connectivity index (χ4v) is 4.93. The van der Waals surface area contributed by atoms with Gasteiger partial charge in [-0.25, -0.2) is 4.98 Å². The van der Waals surface area contributed by atoms with Crippen molar-refractivity contribution in [1.29, 1.82) is 0 Å². The summed E-state index contributed by atoms with van der Waals surface area (Å²) in [7, 11) is 3.28. The Kier molecular flexibility index (Phi) is 5.76. The summed E-state index contributed by atoms with van der Waals surface area (Å²) in [5.41, 5.74) is 2.62. The predicted molar refractivity (Wildman–Crippen MR) is 115 cm³/mol. The summed E-state index contributed by atoms with van der Waals surface area (Å²) in [6.45, 7) is 2.23. The van der Waals surface area contributed by atoms with Crippen LogP contribution in [0.5, 0.6) is 11.5 Å². The SMILES string of the molecule is COc1ccc(OC)c(-c2cn3c(CC(=O)NC4CCCCC4C)csc3n2)c1. The van der Waals surface area contributed by atoms with Crippen molar-refractivity contribution in [3.63, 3.8) is 0 Å². The van der Waals surface area contributed by atoms with Crippen LogP contribution < -0.4 is 14.8 Å². The third kappa shape index (κ3) is 4.10. The first kappa shape index (κ1) is 19.8. The first-order valence-corrected chi connectivity index (χ1v) is 10.9. The zero-order valence-electron chi connectivity index (χ0n) is 17.1. The largest absolute Gasteiger partial charge is 0.497 e. The molecule has 1 aliphatic rings. The van der Waals surface area contributed by atoms with Gasteiger partial charge in [0.15, 0.2) is 4.96 Å². The van der Waals surface area contributed by atoms with E-state index in [1.807, 2.05) is 34.2 Å². The van der Waals surface area contributed by atoms with Gasteiger partial charge in [-0.1, -0.05) is 19.8 Å². The van der Waals surface area contributed by atoms with Crippen LogP contribution in [0.3, 0.4) is 0 Å². The number of amides is 1. The molecule has 1 amide bonds. The van der Waals surface area contributed by atoms with E-state index >= 15 is 0 Å². The molecule has 0 bridgehead atoms. The summed E-state index contributed by atoms with van der Waals surface area (Å²) in [5.74, 6) is 2.12. The molecule has 3 aromatic rings. The summed E-state index contributed by atoms with van der Waals surface area (Å²) < 4.78 is 12.8. The minimum absolute atomic E-state index is 0.0812. The number of hydrogen-bond donors (Lipinski definition) is 1. The van der Waals surface area contributed by atoms with Crippen LogP contribution in [-0.2, 0) is 11.2 Å². The van der Waals surface area contributed by atoms with Crippen molar-refractivity contribution in [2.24, 2.45) is 5.92 Å². The van der Waals surface area contributed by atoms with E-state index in [1.165, 1.54) is 19.3 Å². The number of carbonyl (C=O) groups is 1. The highest BCUT2D eigenvalue weighted by Gasteiger charge is 2.23. The molecule has 0 spiro atoms. The summed E-state index contributed by atoms with van der Waals surface area (Å²) in [6.07, 6.45) is 7.07. The second-order valence-electron chi connectivity index (χ2n) is 7.68. The number of imidazole rings is 1. The van der Waals surface area contributed by atoms with E-state index in [0.717, 1.165) is 39.8 Å². The molecule has 2 atom stereocenters. The number of nitrogens with zero attached hydrogens (tertiary/aromatic N) is 2. The van der Waals surface area contributed by atoms with Gasteiger partial charge < -0.3 is 14.8 Å². The molecular formula is C22H27N3O3S. The third-order valence-corrected chi connectivity index (χ3v) is 6.65. The molecule has 0 aliphatic heterocycles. The maximum absolute atomic E-state index is 12.7. The smallest absolute Gasteiger partial charge is 0.226 e. The molecule has 1 saturated carbocycles. The first-order valence-electron chi connectivity index (χ1n) is 10.1. The van der Waals surface area contributed by atoms with Crippen LogP contribution in [0.2, 0.25) is 0 Å². The number of hydrogen-bond acceptors (Lipinski definition) is 5. The molecule has 4 rings (SSSR count). The van der Waals surface area contributed by atoms with Crippen molar-refractivity contribution >= 4 is 22.2 Å². The number of methoxy groups -OCH3 is 2. The molecule has 6 nitrogen and oxygen atoms in total. The summed E-state index contributed by atoms with van der Waals surface area (Å²) >= 11 is 1.54. The van der Waals surface area contributed by atoms with E-state index in [9.17, 15) is 4.79 Å². The molecule has 2 heterocycles. The normalized spacial score (nSPS) is 19.3. The molecule has 0 saturated heterocycles. The van der Waals surface area contributed by atoms with Crippen molar-refractivity contribution in [3.05, 3.63) is 35.5 Å². The Labute approximate surface area is 174 Å². The minimum atomic E-state index is 0.0812. The second-order valence-corrected chi connectivity index (χ2v) is 8.52. The molecule has 2 aromatic heterocycles. The number of carbonyl (C=O) groups excluding carboxylic acids is 1. The monoisotopic (exact) mass is 413 g/mol. The Hall–Kier alpha value is -2.54. The standard InChI is InChI=1S/C22H27N3O3S/c1-14-6-4-5-7-18(14)23-21(26)10-15-13-29-22-24-19(12-25(15)22)17-11-16(27-2)8-9-20(17)28-3/h8-9,11-14,18H,4-7,10H2,1-3H3,(H,23,26). The van der Waals surface area contributed by atoms with E-state index in [1.54, 1.807) is 25.6 Å². The molecule has 7 heteroatoms. The maximum Gasteiger partial charge on any atom is 0.226 e. The average Bonchev–Trinajstić information content (AvgIpc) is 3.31.